The lowest BCUT2D eigenvalue weighted by Gasteiger charge is -2.31. The first-order valence-electron chi connectivity index (χ1n) is 8.24. The number of hydrogen-bond acceptors (Lipinski definition) is 5. The highest BCUT2D eigenvalue weighted by atomic mass is 16.3. The minimum atomic E-state index is -1.23. The van der Waals surface area contributed by atoms with E-state index < -0.39 is 23.7 Å². The van der Waals surface area contributed by atoms with Crippen LogP contribution in [0, 0.1) is 0 Å². The molecule has 1 saturated heterocycles. The van der Waals surface area contributed by atoms with E-state index in [0.29, 0.717) is 24.3 Å². The van der Waals surface area contributed by atoms with Gasteiger partial charge in [0, 0.05) is 18.1 Å². The Kier molecular flexibility index (Phi) is 4.49. The Morgan fingerprint density at radius 2 is 2.20 bits per heavy atom. The first kappa shape index (κ1) is 17.4. The zero-order valence-electron chi connectivity index (χ0n) is 14.2. The van der Waals surface area contributed by atoms with Crippen LogP contribution in [-0.2, 0) is 4.79 Å². The van der Waals surface area contributed by atoms with Crippen molar-refractivity contribution in [2.24, 2.45) is 0 Å². The molecule has 0 bridgehead atoms. The summed E-state index contributed by atoms with van der Waals surface area (Å²) in [5, 5.41) is 23.5. The van der Waals surface area contributed by atoms with E-state index in [4.69, 9.17) is 0 Å². The average Bonchev–Trinajstić information content (AvgIpc) is 3.18. The van der Waals surface area contributed by atoms with E-state index in [2.05, 4.69) is 15.3 Å². The number of nitrogens with one attached hydrogen (secondary N) is 2. The van der Waals surface area contributed by atoms with Crippen molar-refractivity contribution in [2.45, 2.75) is 38.0 Å². The molecule has 4 N–H and O–H groups in total. The van der Waals surface area contributed by atoms with Crippen molar-refractivity contribution in [1.82, 2.24) is 20.2 Å². The lowest BCUT2D eigenvalue weighted by molar-refractivity contribution is -0.131. The third-order valence-electron chi connectivity index (χ3n) is 4.73. The standard InChI is InChI=1S/C17H22N4O4/c1-10(22)15(23)19-11(2)17(25)5-7-21(9-17)16(24)13-8-12-4-3-6-18-14(12)20-13/h3-4,6,8,10-11,22,25H,5,7,9H2,1-2H3,(H,18,20)(H,19,23). The summed E-state index contributed by atoms with van der Waals surface area (Å²) in [6, 6.07) is 4.81. The van der Waals surface area contributed by atoms with E-state index in [1.807, 2.05) is 6.07 Å². The normalized spacial score (nSPS) is 22.8. The van der Waals surface area contributed by atoms with Crippen molar-refractivity contribution < 1.29 is 19.8 Å². The molecule has 25 heavy (non-hydrogen) atoms. The minimum Gasteiger partial charge on any atom is -0.386 e. The number of aliphatic hydroxyl groups excluding tert-OH is 1. The van der Waals surface area contributed by atoms with Crippen LogP contribution in [-0.4, -0.2) is 67.7 Å². The van der Waals surface area contributed by atoms with Crippen molar-refractivity contribution in [3.63, 3.8) is 0 Å². The Labute approximate surface area is 144 Å². The van der Waals surface area contributed by atoms with Gasteiger partial charge in [0.05, 0.1) is 12.6 Å². The van der Waals surface area contributed by atoms with Crippen molar-refractivity contribution in [3.05, 3.63) is 30.1 Å². The molecule has 134 valence electrons. The first-order valence-corrected chi connectivity index (χ1v) is 8.24. The molecule has 3 unspecified atom stereocenters. The van der Waals surface area contributed by atoms with Gasteiger partial charge < -0.3 is 25.4 Å². The molecule has 8 heteroatoms. The van der Waals surface area contributed by atoms with E-state index in [-0.39, 0.29) is 12.5 Å². The number of likely N-dealkylation sites (tertiary alicyclic amines) is 1. The van der Waals surface area contributed by atoms with Gasteiger partial charge in [-0.25, -0.2) is 4.98 Å². The molecule has 2 amide bonds. The molecule has 3 atom stereocenters. The molecule has 3 heterocycles. The maximum atomic E-state index is 12.7. The van der Waals surface area contributed by atoms with Gasteiger partial charge in [-0.05, 0) is 38.5 Å². The molecular weight excluding hydrogens is 324 g/mol. The predicted molar refractivity (Wildman–Crippen MR) is 90.8 cm³/mol. The molecule has 2 aromatic rings. The Morgan fingerprint density at radius 3 is 2.88 bits per heavy atom. The SMILES string of the molecule is CC(O)C(=O)NC(C)C1(O)CCN(C(=O)c2cc3cccnc3[nH]2)C1. The number of amides is 2. The van der Waals surface area contributed by atoms with E-state index in [1.165, 1.54) is 6.92 Å². The zero-order chi connectivity index (χ0) is 18.2. The number of carbonyl (C=O) groups excluding carboxylic acids is 2. The molecule has 3 rings (SSSR count). The largest absolute Gasteiger partial charge is 0.386 e. The van der Waals surface area contributed by atoms with Crippen molar-refractivity contribution in [1.29, 1.82) is 0 Å². The number of rotatable bonds is 4. The number of hydrogen-bond donors (Lipinski definition) is 4. The molecule has 1 aliphatic heterocycles. The summed E-state index contributed by atoms with van der Waals surface area (Å²) in [6.07, 6.45) is 0.844. The summed E-state index contributed by atoms with van der Waals surface area (Å²) in [4.78, 5) is 33.0. The highest BCUT2D eigenvalue weighted by molar-refractivity contribution is 5.97. The Bertz CT molecular complexity index is 770. The number of H-pyrrole nitrogens is 1. The monoisotopic (exact) mass is 346 g/mol. The van der Waals surface area contributed by atoms with Crippen molar-refractivity contribution in [3.8, 4) is 0 Å². The van der Waals surface area contributed by atoms with Crippen LogP contribution in [0.2, 0.25) is 0 Å². The second-order valence-corrected chi connectivity index (χ2v) is 6.61. The van der Waals surface area contributed by atoms with Crippen LogP contribution in [0.3, 0.4) is 0 Å². The average molecular weight is 346 g/mol. The van der Waals surface area contributed by atoms with E-state index in [0.717, 1.165) is 5.39 Å². The van der Waals surface area contributed by atoms with Crippen molar-refractivity contribution in [2.75, 3.05) is 13.1 Å². The molecule has 2 aromatic heterocycles. The van der Waals surface area contributed by atoms with Gasteiger partial charge in [0.15, 0.2) is 0 Å². The van der Waals surface area contributed by atoms with Crippen LogP contribution >= 0.6 is 0 Å². The number of aromatic nitrogens is 2. The summed E-state index contributed by atoms with van der Waals surface area (Å²) >= 11 is 0. The predicted octanol–water partition coefficient (Wildman–Crippen LogP) is 0.0254. The molecule has 0 spiro atoms. The lowest BCUT2D eigenvalue weighted by atomic mass is 9.94. The fourth-order valence-corrected chi connectivity index (χ4v) is 3.06. The van der Waals surface area contributed by atoms with E-state index >= 15 is 0 Å². The van der Waals surface area contributed by atoms with Gasteiger partial charge in [0.2, 0.25) is 5.91 Å². The summed E-state index contributed by atoms with van der Waals surface area (Å²) in [5.74, 6) is -0.768. The van der Waals surface area contributed by atoms with Crippen LogP contribution in [0.5, 0.6) is 0 Å². The van der Waals surface area contributed by atoms with Gasteiger partial charge in [0.1, 0.15) is 23.0 Å². The Morgan fingerprint density at radius 1 is 1.44 bits per heavy atom. The van der Waals surface area contributed by atoms with Gasteiger partial charge in [-0.2, -0.15) is 0 Å². The maximum Gasteiger partial charge on any atom is 0.270 e. The van der Waals surface area contributed by atoms with Crippen LogP contribution in [0.15, 0.2) is 24.4 Å². The smallest absolute Gasteiger partial charge is 0.270 e. The number of fused-ring (bicyclic) bond motifs is 1. The number of aromatic amines is 1. The Hall–Kier alpha value is -2.45. The van der Waals surface area contributed by atoms with Crippen LogP contribution in [0.1, 0.15) is 30.8 Å². The highest BCUT2D eigenvalue weighted by Gasteiger charge is 2.43. The van der Waals surface area contributed by atoms with Gasteiger partial charge >= 0.3 is 0 Å². The van der Waals surface area contributed by atoms with Crippen LogP contribution < -0.4 is 5.32 Å². The topological polar surface area (TPSA) is 119 Å². The third kappa shape index (κ3) is 3.35. The van der Waals surface area contributed by atoms with Gasteiger partial charge in [-0.15, -0.1) is 0 Å². The first-order chi connectivity index (χ1) is 11.8. The molecule has 0 aromatic carbocycles. The van der Waals surface area contributed by atoms with Gasteiger partial charge in [-0.3, -0.25) is 9.59 Å². The molecule has 8 nitrogen and oxygen atoms in total. The summed E-state index contributed by atoms with van der Waals surface area (Å²) in [5.41, 5.74) is -0.179. The zero-order valence-corrected chi connectivity index (χ0v) is 14.2. The number of aliphatic hydroxyl groups is 2. The quantitative estimate of drug-likeness (QED) is 0.623. The Balaban J connectivity index is 1.70. The lowest BCUT2D eigenvalue weighted by Crippen LogP contribution is -2.54. The number of carbonyl (C=O) groups is 2. The molecule has 1 aliphatic rings. The van der Waals surface area contributed by atoms with Crippen molar-refractivity contribution >= 4 is 22.8 Å². The summed E-state index contributed by atoms with van der Waals surface area (Å²) in [7, 11) is 0. The number of β-amino-alcohol motifs (C(OH)–C–C–N with tert-alkyl or cyclic N) is 1. The van der Waals surface area contributed by atoms with Crippen LogP contribution in [0.25, 0.3) is 11.0 Å². The molecule has 0 saturated carbocycles. The molecule has 1 fully saturated rings. The number of pyridine rings is 1. The second-order valence-electron chi connectivity index (χ2n) is 6.61. The molecule has 0 aliphatic carbocycles. The fourth-order valence-electron chi connectivity index (χ4n) is 3.06. The highest BCUT2D eigenvalue weighted by Crippen LogP contribution is 2.26. The minimum absolute atomic E-state index is 0.107. The maximum absolute atomic E-state index is 12.7. The van der Waals surface area contributed by atoms with Gasteiger partial charge in [-0.1, -0.05) is 0 Å². The second kappa shape index (κ2) is 6.45. The summed E-state index contributed by atoms with van der Waals surface area (Å²) in [6.45, 7) is 3.52. The third-order valence-corrected chi connectivity index (χ3v) is 4.73. The summed E-state index contributed by atoms with van der Waals surface area (Å²) < 4.78 is 0. The molecule has 0 radical (unpaired) electrons. The molecular formula is C17H22N4O4. The van der Waals surface area contributed by atoms with E-state index in [1.54, 1.807) is 30.2 Å². The van der Waals surface area contributed by atoms with E-state index in [9.17, 15) is 19.8 Å². The van der Waals surface area contributed by atoms with Gasteiger partial charge in [0.25, 0.3) is 5.91 Å². The fraction of sp³-hybridized carbons (Fsp3) is 0.471. The van der Waals surface area contributed by atoms with Crippen LogP contribution in [0.4, 0.5) is 0 Å². The number of nitrogens with zero attached hydrogens (tertiary/aromatic N) is 2.